The van der Waals surface area contributed by atoms with E-state index >= 15 is 0 Å². The van der Waals surface area contributed by atoms with Crippen molar-refractivity contribution in [2.24, 2.45) is 5.92 Å². The monoisotopic (exact) mass is 516 g/mol. The van der Waals surface area contributed by atoms with Gasteiger partial charge in [-0.2, -0.15) is 17.7 Å². The van der Waals surface area contributed by atoms with E-state index in [4.69, 9.17) is 5.73 Å². The quantitative estimate of drug-likeness (QED) is 0.223. The van der Waals surface area contributed by atoms with Gasteiger partial charge in [-0.05, 0) is 68.6 Å². The van der Waals surface area contributed by atoms with Gasteiger partial charge in [0.05, 0.1) is 11.2 Å². The third-order valence-corrected chi connectivity index (χ3v) is 6.61. The van der Waals surface area contributed by atoms with Crippen LogP contribution in [0.1, 0.15) is 12.8 Å². The Morgan fingerprint density at radius 2 is 1.59 bits per heavy atom. The average Bonchev–Trinajstić information content (AvgIpc) is 3.71. The number of benzene rings is 3. The fourth-order valence-corrected chi connectivity index (χ4v) is 4.23. The van der Waals surface area contributed by atoms with E-state index in [1.54, 1.807) is 18.4 Å². The first-order valence-electron chi connectivity index (χ1n) is 12.6. The topological polar surface area (TPSA) is 90.3 Å². The van der Waals surface area contributed by atoms with Crippen molar-refractivity contribution in [2.45, 2.75) is 12.8 Å². The highest BCUT2D eigenvalue weighted by Gasteiger charge is 2.29. The Morgan fingerprint density at radius 1 is 0.946 bits per heavy atom. The van der Waals surface area contributed by atoms with E-state index in [2.05, 4.69) is 87.5 Å². The number of nitrogens with two attached hydrogens (primary N) is 1. The molecule has 0 bridgehead atoms. The zero-order chi connectivity index (χ0) is 26.2. The van der Waals surface area contributed by atoms with E-state index in [1.807, 2.05) is 18.2 Å². The molecule has 0 unspecified atom stereocenters. The lowest BCUT2D eigenvalue weighted by Gasteiger charge is -2.34. The number of nitrogens with zero attached hydrogens (tertiary/aromatic N) is 3. The zero-order valence-electron chi connectivity index (χ0n) is 21.5. The van der Waals surface area contributed by atoms with Crippen molar-refractivity contribution in [1.82, 2.24) is 15.1 Å². The number of H-pyrrole nitrogens is 1. The largest absolute Gasteiger partial charge is 0.399 e. The first kappa shape index (κ1) is 26.6. The number of carbonyl (C=O) groups is 1. The minimum atomic E-state index is 0.129. The molecule has 8 heteroatoms. The van der Waals surface area contributed by atoms with Crippen LogP contribution in [0.3, 0.4) is 0 Å². The van der Waals surface area contributed by atoms with Crippen molar-refractivity contribution in [3.8, 4) is 11.3 Å². The Hall–Kier alpha value is -3.49. The molecule has 0 spiro atoms. The van der Waals surface area contributed by atoms with Crippen molar-refractivity contribution < 1.29 is 4.79 Å². The SMILES string of the molecule is CN1CCN(c2ccc(-c3n[nH]c4ccccc34)cc2)CC1.CS.Nc1ccc(NC(=O)C2CC2)cc1. The first-order valence-corrected chi connectivity index (χ1v) is 13.5. The summed E-state index contributed by atoms with van der Waals surface area (Å²) in [5, 5.41) is 11.6. The highest BCUT2D eigenvalue weighted by molar-refractivity contribution is 7.79. The number of rotatable bonds is 4. The normalized spacial score (nSPS) is 15.3. The first-order chi connectivity index (χ1) is 18.1. The molecule has 0 radical (unpaired) electrons. The number of hydrogen-bond acceptors (Lipinski definition) is 6. The predicted octanol–water partition coefficient (Wildman–Crippen LogP) is 5.15. The van der Waals surface area contributed by atoms with Crippen LogP contribution in [0.4, 0.5) is 17.1 Å². The van der Waals surface area contributed by atoms with Gasteiger partial charge < -0.3 is 20.9 Å². The van der Waals surface area contributed by atoms with Gasteiger partial charge >= 0.3 is 0 Å². The number of nitrogens with one attached hydrogen (secondary N) is 2. The van der Waals surface area contributed by atoms with Crippen LogP contribution in [-0.2, 0) is 4.79 Å². The summed E-state index contributed by atoms with van der Waals surface area (Å²) in [6, 6.07) is 24.2. The fraction of sp³-hybridized carbons (Fsp3) is 0.310. The van der Waals surface area contributed by atoms with Gasteiger partial charge in [-0.25, -0.2) is 0 Å². The molecular formula is C29H36N6OS. The summed E-state index contributed by atoms with van der Waals surface area (Å²) in [7, 11) is 2.18. The highest BCUT2D eigenvalue weighted by atomic mass is 32.1. The zero-order valence-corrected chi connectivity index (χ0v) is 22.4. The second-order valence-electron chi connectivity index (χ2n) is 9.34. The average molecular weight is 517 g/mol. The number of likely N-dealkylation sites (N-methyl/N-ethyl adjacent to an activating group) is 1. The van der Waals surface area contributed by atoms with Gasteiger partial charge in [-0.1, -0.05) is 30.3 Å². The Morgan fingerprint density at radius 3 is 2.24 bits per heavy atom. The Kier molecular flexibility index (Phi) is 9.09. The summed E-state index contributed by atoms with van der Waals surface area (Å²) in [5.41, 5.74) is 11.6. The Bertz CT molecular complexity index is 1280. The van der Waals surface area contributed by atoms with Crippen LogP contribution >= 0.6 is 12.6 Å². The Labute approximate surface area is 224 Å². The summed E-state index contributed by atoms with van der Waals surface area (Å²) in [5.74, 6) is 0.377. The molecule has 4 aromatic rings. The van der Waals surface area contributed by atoms with Crippen LogP contribution in [0.25, 0.3) is 22.2 Å². The number of para-hydroxylation sites is 1. The third-order valence-electron chi connectivity index (χ3n) is 6.61. The number of carbonyl (C=O) groups excluding carboxylic acids is 1. The molecule has 1 amide bonds. The molecule has 4 N–H and O–H groups in total. The van der Waals surface area contributed by atoms with Gasteiger partial charge in [0.25, 0.3) is 0 Å². The van der Waals surface area contributed by atoms with Gasteiger partial charge in [-0.15, -0.1) is 0 Å². The number of nitrogen functional groups attached to an aromatic ring is 1. The molecule has 37 heavy (non-hydrogen) atoms. The summed E-state index contributed by atoms with van der Waals surface area (Å²) < 4.78 is 0. The number of anilines is 3. The third kappa shape index (κ3) is 7.05. The molecule has 3 aromatic carbocycles. The number of aromatic amines is 1. The molecule has 6 rings (SSSR count). The molecule has 1 aromatic heterocycles. The van der Waals surface area contributed by atoms with Crippen LogP contribution in [0.5, 0.6) is 0 Å². The lowest BCUT2D eigenvalue weighted by molar-refractivity contribution is -0.117. The van der Waals surface area contributed by atoms with E-state index in [9.17, 15) is 4.79 Å². The fourth-order valence-electron chi connectivity index (χ4n) is 4.23. The number of piperazine rings is 1. The number of thiol groups is 1. The van der Waals surface area contributed by atoms with Gasteiger partial charge in [0.1, 0.15) is 0 Å². The number of fused-ring (bicyclic) bond motifs is 1. The lowest BCUT2D eigenvalue weighted by atomic mass is 10.1. The van der Waals surface area contributed by atoms with Gasteiger partial charge in [-0.3, -0.25) is 9.89 Å². The van der Waals surface area contributed by atoms with Crippen molar-refractivity contribution in [3.05, 3.63) is 72.8 Å². The molecule has 2 fully saturated rings. The second-order valence-corrected chi connectivity index (χ2v) is 9.34. The predicted molar refractivity (Wildman–Crippen MR) is 158 cm³/mol. The molecule has 1 aliphatic heterocycles. The Balaban J connectivity index is 0.000000182. The number of amides is 1. The van der Waals surface area contributed by atoms with E-state index in [0.717, 1.165) is 61.5 Å². The van der Waals surface area contributed by atoms with Crippen LogP contribution in [0.15, 0.2) is 72.8 Å². The minimum absolute atomic E-state index is 0.129. The summed E-state index contributed by atoms with van der Waals surface area (Å²) in [4.78, 5) is 16.1. The lowest BCUT2D eigenvalue weighted by Crippen LogP contribution is -2.44. The number of aromatic nitrogens is 2. The molecular weight excluding hydrogens is 480 g/mol. The maximum atomic E-state index is 11.3. The number of hydrogen-bond donors (Lipinski definition) is 4. The molecule has 1 aliphatic carbocycles. The smallest absolute Gasteiger partial charge is 0.227 e. The minimum Gasteiger partial charge on any atom is -0.399 e. The standard InChI is InChI=1S/C18H20N4.C10H12N2O.CH4S/c1-21-10-12-22(13-11-21)15-8-6-14(7-9-15)18-16-4-2-3-5-17(16)19-20-18;11-8-3-5-9(6-4-8)12-10(13)7-1-2-7;1-2/h2-9H,10-13H2,1H3,(H,19,20);3-7H,1-2,11H2,(H,12,13);2H,1H3. The summed E-state index contributed by atoms with van der Waals surface area (Å²) in [6.45, 7) is 4.46. The molecule has 1 saturated heterocycles. The highest BCUT2D eigenvalue weighted by Crippen LogP contribution is 2.30. The van der Waals surface area contributed by atoms with Crippen LogP contribution in [-0.4, -0.2) is 60.5 Å². The van der Waals surface area contributed by atoms with Crippen LogP contribution in [0, 0.1) is 5.92 Å². The molecule has 2 aliphatic rings. The molecule has 2 heterocycles. The van der Waals surface area contributed by atoms with E-state index < -0.39 is 0 Å². The maximum Gasteiger partial charge on any atom is 0.227 e. The summed E-state index contributed by atoms with van der Waals surface area (Å²) in [6.07, 6.45) is 3.75. The van der Waals surface area contributed by atoms with Gasteiger partial charge in [0.2, 0.25) is 5.91 Å². The second kappa shape index (κ2) is 12.7. The van der Waals surface area contributed by atoms with E-state index in [0.29, 0.717) is 5.69 Å². The van der Waals surface area contributed by atoms with Gasteiger partial charge in [0, 0.05) is 60.1 Å². The van der Waals surface area contributed by atoms with E-state index in [1.165, 1.54) is 11.1 Å². The molecule has 1 saturated carbocycles. The van der Waals surface area contributed by atoms with Crippen LogP contribution in [0.2, 0.25) is 0 Å². The van der Waals surface area contributed by atoms with Crippen molar-refractivity contribution in [2.75, 3.05) is 55.4 Å². The van der Waals surface area contributed by atoms with Crippen molar-refractivity contribution in [1.29, 1.82) is 0 Å². The van der Waals surface area contributed by atoms with E-state index in [-0.39, 0.29) is 11.8 Å². The molecule has 194 valence electrons. The van der Waals surface area contributed by atoms with Crippen LogP contribution < -0.4 is 16.0 Å². The molecule has 0 atom stereocenters. The van der Waals surface area contributed by atoms with Crippen molar-refractivity contribution >= 4 is 46.5 Å². The van der Waals surface area contributed by atoms with Crippen molar-refractivity contribution in [3.63, 3.8) is 0 Å². The van der Waals surface area contributed by atoms with Gasteiger partial charge in [0.15, 0.2) is 0 Å². The summed E-state index contributed by atoms with van der Waals surface area (Å²) >= 11 is 3.53. The maximum absolute atomic E-state index is 11.3. The molecule has 7 nitrogen and oxygen atoms in total.